The summed E-state index contributed by atoms with van der Waals surface area (Å²) in [7, 11) is 0. The molecule has 2 aliphatic heterocycles. The van der Waals surface area contributed by atoms with Crippen molar-refractivity contribution in [1.82, 2.24) is 4.90 Å². The summed E-state index contributed by atoms with van der Waals surface area (Å²) in [5.41, 5.74) is 7.62. The van der Waals surface area contributed by atoms with Gasteiger partial charge in [0.1, 0.15) is 17.5 Å². The van der Waals surface area contributed by atoms with Crippen LogP contribution in [0, 0.1) is 0 Å². The maximum Gasteiger partial charge on any atom is 0.247 e. The molecule has 1 atom stereocenters. The molecule has 0 aromatic heterocycles. The number of hydrogen-bond acceptors (Lipinski definition) is 4. The van der Waals surface area contributed by atoms with Crippen LogP contribution in [-0.2, 0) is 22.5 Å². The molecule has 2 N–H and O–H groups in total. The minimum atomic E-state index is -0.507. The highest BCUT2D eigenvalue weighted by atomic mass is 16.5. The molecule has 1 aromatic carbocycles. The highest BCUT2D eigenvalue weighted by Crippen LogP contribution is 2.38. The average molecular weight is 290 g/mol. The third kappa shape index (κ3) is 3.04. The van der Waals surface area contributed by atoms with Crippen molar-refractivity contribution in [2.45, 2.75) is 38.5 Å². The second-order valence-electron chi connectivity index (χ2n) is 6.44. The Morgan fingerprint density at radius 3 is 3.05 bits per heavy atom. The van der Waals surface area contributed by atoms with Gasteiger partial charge in [-0.15, -0.1) is 0 Å². The van der Waals surface area contributed by atoms with Gasteiger partial charge in [0.15, 0.2) is 0 Å². The summed E-state index contributed by atoms with van der Waals surface area (Å²) in [6.07, 6.45) is 0.427. The van der Waals surface area contributed by atoms with Crippen LogP contribution in [0.2, 0.25) is 0 Å². The summed E-state index contributed by atoms with van der Waals surface area (Å²) in [6, 6.07) is 6.29. The molecule has 21 heavy (non-hydrogen) atoms. The molecule has 3 rings (SSSR count). The molecule has 1 aromatic rings. The molecule has 2 aliphatic rings. The van der Waals surface area contributed by atoms with Crippen molar-refractivity contribution in [2.24, 2.45) is 5.73 Å². The van der Waals surface area contributed by atoms with E-state index in [1.54, 1.807) is 0 Å². The Balaban J connectivity index is 1.75. The van der Waals surface area contributed by atoms with Crippen LogP contribution in [0.4, 0.5) is 0 Å². The number of primary amides is 1. The predicted octanol–water partition coefficient (Wildman–Crippen LogP) is 1.09. The summed E-state index contributed by atoms with van der Waals surface area (Å²) >= 11 is 0. The average Bonchev–Trinajstić information content (AvgIpc) is 2.74. The molecule has 0 aliphatic carbocycles. The van der Waals surface area contributed by atoms with E-state index in [2.05, 4.69) is 36.9 Å². The quantitative estimate of drug-likeness (QED) is 0.905. The van der Waals surface area contributed by atoms with Gasteiger partial charge in [-0.05, 0) is 19.4 Å². The van der Waals surface area contributed by atoms with Crippen molar-refractivity contribution in [3.8, 4) is 5.75 Å². The number of hydrogen-bond donors (Lipinski definition) is 1. The highest BCUT2D eigenvalue weighted by molar-refractivity contribution is 5.79. The minimum Gasteiger partial charge on any atom is -0.487 e. The van der Waals surface area contributed by atoms with Crippen molar-refractivity contribution < 1.29 is 14.3 Å². The second kappa shape index (κ2) is 5.31. The van der Waals surface area contributed by atoms with E-state index in [4.69, 9.17) is 15.2 Å². The van der Waals surface area contributed by atoms with Gasteiger partial charge in [-0.2, -0.15) is 0 Å². The Labute approximate surface area is 125 Å². The lowest BCUT2D eigenvalue weighted by Crippen LogP contribution is -2.47. The Hall–Kier alpha value is -1.59. The Morgan fingerprint density at radius 2 is 2.29 bits per heavy atom. The van der Waals surface area contributed by atoms with Crippen molar-refractivity contribution in [3.05, 3.63) is 29.3 Å². The molecule has 0 saturated carbocycles. The fraction of sp³-hybridized carbons (Fsp3) is 0.562. The van der Waals surface area contributed by atoms with Gasteiger partial charge in [-0.3, -0.25) is 9.69 Å². The van der Waals surface area contributed by atoms with Crippen molar-refractivity contribution in [1.29, 1.82) is 0 Å². The van der Waals surface area contributed by atoms with Crippen LogP contribution in [0.5, 0.6) is 5.75 Å². The zero-order valence-corrected chi connectivity index (χ0v) is 12.6. The Kier molecular flexibility index (Phi) is 3.63. The molecule has 0 radical (unpaired) electrons. The van der Waals surface area contributed by atoms with E-state index in [1.165, 1.54) is 11.1 Å². The summed E-state index contributed by atoms with van der Waals surface area (Å²) < 4.78 is 11.5. The van der Waals surface area contributed by atoms with Gasteiger partial charge in [0.2, 0.25) is 5.91 Å². The number of nitrogens with zero attached hydrogens (tertiary/aromatic N) is 1. The molecule has 5 heteroatoms. The lowest BCUT2D eigenvalue weighted by molar-refractivity contribution is -0.135. The fourth-order valence-corrected chi connectivity index (χ4v) is 3.06. The van der Waals surface area contributed by atoms with Gasteiger partial charge in [-0.25, -0.2) is 0 Å². The van der Waals surface area contributed by atoms with Gasteiger partial charge >= 0.3 is 0 Å². The number of para-hydroxylation sites is 1. The molecule has 1 fully saturated rings. The number of nitrogens with two attached hydrogens (primary N) is 1. The lowest BCUT2D eigenvalue weighted by Gasteiger charge is -2.31. The van der Waals surface area contributed by atoms with Gasteiger partial charge in [0, 0.05) is 31.6 Å². The van der Waals surface area contributed by atoms with E-state index in [-0.39, 0.29) is 5.60 Å². The monoisotopic (exact) mass is 290 g/mol. The topological polar surface area (TPSA) is 64.8 Å². The molecule has 5 nitrogen and oxygen atoms in total. The largest absolute Gasteiger partial charge is 0.487 e. The summed E-state index contributed by atoms with van der Waals surface area (Å²) in [6.45, 7) is 6.85. The van der Waals surface area contributed by atoms with Crippen LogP contribution in [0.1, 0.15) is 25.0 Å². The molecule has 1 unspecified atom stereocenters. The molecule has 0 spiro atoms. The molecular formula is C16H22N2O3. The Bertz CT molecular complexity index is 556. The second-order valence-corrected chi connectivity index (χ2v) is 6.44. The van der Waals surface area contributed by atoms with Crippen LogP contribution in [-0.4, -0.2) is 42.2 Å². The number of ether oxygens (including phenoxy) is 2. The highest BCUT2D eigenvalue weighted by Gasteiger charge is 2.32. The number of carbonyl (C=O) groups is 1. The van der Waals surface area contributed by atoms with E-state index in [0.717, 1.165) is 25.3 Å². The van der Waals surface area contributed by atoms with Crippen molar-refractivity contribution >= 4 is 5.91 Å². The SMILES string of the molecule is CC1(C)Cc2cccc(CN3CCOC(C(N)=O)C3)c2O1. The number of fused-ring (bicyclic) bond motifs is 1. The lowest BCUT2D eigenvalue weighted by atomic mass is 10.0. The van der Waals surface area contributed by atoms with Crippen LogP contribution >= 0.6 is 0 Å². The number of amides is 1. The number of benzene rings is 1. The minimum absolute atomic E-state index is 0.140. The third-order valence-electron chi connectivity index (χ3n) is 4.03. The van der Waals surface area contributed by atoms with Crippen molar-refractivity contribution in [2.75, 3.05) is 19.7 Å². The first-order valence-electron chi connectivity index (χ1n) is 7.38. The fourth-order valence-electron chi connectivity index (χ4n) is 3.06. The first-order chi connectivity index (χ1) is 9.94. The summed E-state index contributed by atoms with van der Waals surface area (Å²) in [5.74, 6) is 0.611. The maximum absolute atomic E-state index is 11.3. The zero-order valence-electron chi connectivity index (χ0n) is 12.6. The number of carbonyl (C=O) groups excluding carboxylic acids is 1. The molecular weight excluding hydrogens is 268 g/mol. The summed E-state index contributed by atoms with van der Waals surface area (Å²) in [4.78, 5) is 13.5. The van der Waals surface area contributed by atoms with Crippen LogP contribution in [0.15, 0.2) is 18.2 Å². The van der Waals surface area contributed by atoms with E-state index < -0.39 is 12.0 Å². The van der Waals surface area contributed by atoms with E-state index in [1.807, 2.05) is 0 Å². The standard InChI is InChI=1S/C16H22N2O3/c1-16(2)8-11-4-3-5-12(14(11)21-16)9-18-6-7-20-13(10-18)15(17)19/h3-5,13H,6-10H2,1-2H3,(H2,17,19). The maximum atomic E-state index is 11.3. The van der Waals surface area contributed by atoms with Crippen LogP contribution < -0.4 is 10.5 Å². The van der Waals surface area contributed by atoms with E-state index in [0.29, 0.717) is 13.2 Å². The first-order valence-corrected chi connectivity index (χ1v) is 7.38. The van der Waals surface area contributed by atoms with E-state index >= 15 is 0 Å². The normalized spacial score (nSPS) is 24.4. The Morgan fingerprint density at radius 1 is 1.48 bits per heavy atom. The van der Waals surface area contributed by atoms with Crippen LogP contribution in [0.3, 0.4) is 0 Å². The number of rotatable bonds is 3. The van der Waals surface area contributed by atoms with E-state index in [9.17, 15) is 4.79 Å². The van der Waals surface area contributed by atoms with Gasteiger partial charge in [0.05, 0.1) is 6.61 Å². The zero-order chi connectivity index (χ0) is 15.0. The van der Waals surface area contributed by atoms with Crippen LogP contribution in [0.25, 0.3) is 0 Å². The van der Waals surface area contributed by atoms with Crippen molar-refractivity contribution in [3.63, 3.8) is 0 Å². The molecule has 1 amide bonds. The molecule has 1 saturated heterocycles. The smallest absolute Gasteiger partial charge is 0.247 e. The van der Waals surface area contributed by atoms with Gasteiger partial charge < -0.3 is 15.2 Å². The summed E-state index contributed by atoms with van der Waals surface area (Å²) in [5, 5.41) is 0. The molecule has 2 heterocycles. The molecule has 114 valence electrons. The molecule has 0 bridgehead atoms. The number of morpholine rings is 1. The van der Waals surface area contributed by atoms with Gasteiger partial charge in [-0.1, -0.05) is 18.2 Å². The van der Waals surface area contributed by atoms with Gasteiger partial charge in [0.25, 0.3) is 0 Å². The predicted molar refractivity (Wildman–Crippen MR) is 79.1 cm³/mol. The first kappa shape index (κ1) is 14.4. The third-order valence-corrected chi connectivity index (χ3v) is 4.03.